The van der Waals surface area contributed by atoms with Crippen LogP contribution in [0.15, 0.2) is 54.7 Å². The number of aliphatic hydroxyl groups is 1. The first kappa shape index (κ1) is 24.6. The van der Waals surface area contributed by atoms with Crippen LogP contribution >= 0.6 is 0 Å². The molecule has 3 atom stereocenters. The van der Waals surface area contributed by atoms with Gasteiger partial charge in [0, 0.05) is 37.2 Å². The van der Waals surface area contributed by atoms with E-state index in [0.717, 1.165) is 22.4 Å². The molecule has 0 radical (unpaired) electrons. The van der Waals surface area contributed by atoms with E-state index in [0.29, 0.717) is 12.1 Å². The molecule has 0 saturated carbocycles. The molecule has 1 aromatic heterocycles. The molecule has 192 valence electrons. The van der Waals surface area contributed by atoms with Gasteiger partial charge in [0.25, 0.3) is 5.91 Å². The average Bonchev–Trinajstić information content (AvgIpc) is 3.63. The Morgan fingerprint density at radius 2 is 1.92 bits per heavy atom. The van der Waals surface area contributed by atoms with E-state index in [9.17, 15) is 19.5 Å². The van der Waals surface area contributed by atoms with Gasteiger partial charge in [-0.3, -0.25) is 14.4 Å². The molecule has 2 aromatic carbocycles. The number of carbonyl (C=O) groups is 3. The van der Waals surface area contributed by atoms with Gasteiger partial charge in [0.2, 0.25) is 11.8 Å². The van der Waals surface area contributed by atoms with Crippen LogP contribution in [0, 0.1) is 5.92 Å². The molecular weight excluding hydrogens is 472 g/mol. The Morgan fingerprint density at radius 3 is 2.59 bits per heavy atom. The number of nitrogens with zero attached hydrogens (tertiary/aromatic N) is 4. The Kier molecular flexibility index (Phi) is 6.75. The number of hydrogen-bond donors (Lipinski definition) is 3. The van der Waals surface area contributed by atoms with Crippen LogP contribution in [0.3, 0.4) is 0 Å². The van der Waals surface area contributed by atoms with E-state index >= 15 is 0 Å². The quantitative estimate of drug-likeness (QED) is 0.451. The summed E-state index contributed by atoms with van der Waals surface area (Å²) >= 11 is 0. The van der Waals surface area contributed by atoms with Crippen molar-refractivity contribution in [3.05, 3.63) is 71.4 Å². The first-order valence-corrected chi connectivity index (χ1v) is 12.4. The minimum absolute atomic E-state index is 0.0571. The smallest absolute Gasteiger partial charge is 0.255 e. The number of benzene rings is 2. The van der Waals surface area contributed by atoms with Gasteiger partial charge >= 0.3 is 0 Å². The first-order valence-electron chi connectivity index (χ1n) is 12.4. The number of aromatic amines is 1. The summed E-state index contributed by atoms with van der Waals surface area (Å²) in [4.78, 5) is 43.1. The monoisotopic (exact) mass is 502 g/mol. The van der Waals surface area contributed by atoms with Gasteiger partial charge < -0.3 is 20.2 Å². The van der Waals surface area contributed by atoms with Gasteiger partial charge in [0.05, 0.1) is 12.3 Å². The van der Waals surface area contributed by atoms with Crippen LogP contribution in [0.5, 0.6) is 0 Å². The van der Waals surface area contributed by atoms with Crippen molar-refractivity contribution in [2.45, 2.75) is 51.5 Å². The molecule has 10 nitrogen and oxygen atoms in total. The predicted molar refractivity (Wildman–Crippen MR) is 135 cm³/mol. The van der Waals surface area contributed by atoms with E-state index in [1.54, 1.807) is 17.2 Å². The second kappa shape index (κ2) is 10.1. The number of carbonyl (C=O) groups excluding carboxylic acids is 3. The summed E-state index contributed by atoms with van der Waals surface area (Å²) in [6, 6.07) is 13.4. The number of hydrogen-bond acceptors (Lipinski definition) is 6. The number of aromatic nitrogens is 3. The van der Waals surface area contributed by atoms with Crippen molar-refractivity contribution in [2.75, 3.05) is 6.54 Å². The van der Waals surface area contributed by atoms with Gasteiger partial charge in [0.15, 0.2) is 0 Å². The zero-order valence-electron chi connectivity index (χ0n) is 20.8. The Balaban J connectivity index is 1.27. The number of amides is 3. The predicted octanol–water partition coefficient (Wildman–Crippen LogP) is 1.73. The molecule has 37 heavy (non-hydrogen) atoms. The Hall–Kier alpha value is -4.05. The number of aliphatic hydroxyl groups excluding tert-OH is 1. The summed E-state index contributed by atoms with van der Waals surface area (Å²) in [5, 5.41) is 23.7. The molecule has 2 aliphatic rings. The summed E-state index contributed by atoms with van der Waals surface area (Å²) in [6.45, 7) is 4.47. The lowest BCUT2D eigenvalue weighted by atomic mass is 10.0. The highest BCUT2D eigenvalue weighted by atomic mass is 16.3. The first-order chi connectivity index (χ1) is 17.8. The normalized spacial score (nSPS) is 19.8. The molecule has 0 aliphatic carbocycles. The Morgan fingerprint density at radius 1 is 1.16 bits per heavy atom. The number of H-pyrrole nitrogens is 1. The van der Waals surface area contributed by atoms with Crippen LogP contribution in [0.1, 0.15) is 41.8 Å². The number of β-amino-alcohol motifs (C(OH)–C–C–N with tert-alkyl or cyclic N) is 1. The van der Waals surface area contributed by atoms with Gasteiger partial charge in [0.1, 0.15) is 17.8 Å². The minimum atomic E-state index is -0.807. The molecule has 0 bridgehead atoms. The van der Waals surface area contributed by atoms with Crippen molar-refractivity contribution in [3.63, 3.8) is 0 Å². The third kappa shape index (κ3) is 4.84. The number of likely N-dealkylation sites (tertiary alicyclic amines) is 1. The standard InChI is InChI=1S/C27H30N6O4/c1-16(2)24(33-14-19-5-3-4-6-21(19)26(33)36)27(37)32-15-20(34)11-23(32)25(35)28-12-17-7-9-18(10-8-17)22-13-29-31-30-22/h3-10,13,16,20,23-24,34H,11-12,14-15H2,1-2H3,(H,28,35)(H,29,30,31)/t20-,23+,24?/m1/s1. The molecule has 3 N–H and O–H groups in total. The SMILES string of the molecule is CC(C)C(C(=O)N1C[C@H](O)C[C@H]1C(=O)NCc1ccc(-c2cn[nH]n2)cc1)N1Cc2ccccc2C1=O. The number of rotatable bonds is 7. The minimum Gasteiger partial charge on any atom is -0.391 e. The molecule has 1 saturated heterocycles. The third-order valence-corrected chi connectivity index (χ3v) is 7.07. The van der Waals surface area contributed by atoms with Crippen molar-refractivity contribution in [2.24, 2.45) is 5.92 Å². The highest BCUT2D eigenvalue weighted by Gasteiger charge is 2.45. The maximum Gasteiger partial charge on any atom is 0.255 e. The maximum absolute atomic E-state index is 13.8. The van der Waals surface area contributed by atoms with Crippen LogP contribution in [-0.4, -0.2) is 72.8 Å². The van der Waals surface area contributed by atoms with E-state index < -0.39 is 18.2 Å². The molecule has 3 heterocycles. The largest absolute Gasteiger partial charge is 0.391 e. The van der Waals surface area contributed by atoms with Gasteiger partial charge in [-0.2, -0.15) is 15.4 Å². The zero-order chi connectivity index (χ0) is 26.1. The number of nitrogens with one attached hydrogen (secondary N) is 2. The highest BCUT2D eigenvalue weighted by molar-refractivity contribution is 6.01. The lowest BCUT2D eigenvalue weighted by Gasteiger charge is -2.35. The van der Waals surface area contributed by atoms with Gasteiger partial charge in [-0.15, -0.1) is 0 Å². The van der Waals surface area contributed by atoms with Gasteiger partial charge in [-0.1, -0.05) is 56.3 Å². The summed E-state index contributed by atoms with van der Waals surface area (Å²) in [6.07, 6.45) is 0.981. The second-order valence-corrected chi connectivity index (χ2v) is 9.94. The Labute approximate surface area is 214 Å². The van der Waals surface area contributed by atoms with Crippen LogP contribution < -0.4 is 5.32 Å². The molecule has 3 aromatic rings. The zero-order valence-corrected chi connectivity index (χ0v) is 20.8. The molecular formula is C27H30N6O4. The van der Waals surface area contributed by atoms with Gasteiger partial charge in [-0.25, -0.2) is 0 Å². The van der Waals surface area contributed by atoms with Crippen LogP contribution in [0.25, 0.3) is 11.3 Å². The van der Waals surface area contributed by atoms with Gasteiger partial charge in [-0.05, 0) is 23.1 Å². The molecule has 2 aliphatic heterocycles. The lowest BCUT2D eigenvalue weighted by molar-refractivity contribution is -0.143. The molecule has 0 spiro atoms. The number of fused-ring (bicyclic) bond motifs is 1. The van der Waals surface area contributed by atoms with Crippen molar-refractivity contribution >= 4 is 17.7 Å². The average molecular weight is 503 g/mol. The fraction of sp³-hybridized carbons (Fsp3) is 0.370. The van der Waals surface area contributed by atoms with Crippen molar-refractivity contribution < 1.29 is 19.5 Å². The fourth-order valence-electron chi connectivity index (χ4n) is 5.20. The molecule has 5 rings (SSSR count). The molecule has 10 heteroatoms. The van der Waals surface area contributed by atoms with E-state index in [4.69, 9.17) is 0 Å². The molecule has 3 amide bonds. The summed E-state index contributed by atoms with van der Waals surface area (Å²) in [7, 11) is 0. The third-order valence-electron chi connectivity index (χ3n) is 7.07. The topological polar surface area (TPSA) is 132 Å². The van der Waals surface area contributed by atoms with Crippen molar-refractivity contribution in [1.82, 2.24) is 30.5 Å². The summed E-state index contributed by atoms with van der Waals surface area (Å²) in [5.74, 6) is -0.998. The molecule has 1 unspecified atom stereocenters. The van der Waals surface area contributed by atoms with E-state index in [-0.39, 0.29) is 43.1 Å². The molecule has 1 fully saturated rings. The summed E-state index contributed by atoms with van der Waals surface area (Å²) < 4.78 is 0. The van der Waals surface area contributed by atoms with E-state index in [1.165, 1.54) is 4.90 Å². The van der Waals surface area contributed by atoms with Crippen molar-refractivity contribution in [3.8, 4) is 11.3 Å². The van der Waals surface area contributed by atoms with E-state index in [1.807, 2.05) is 56.3 Å². The van der Waals surface area contributed by atoms with E-state index in [2.05, 4.69) is 20.7 Å². The second-order valence-electron chi connectivity index (χ2n) is 9.94. The highest BCUT2D eigenvalue weighted by Crippen LogP contribution is 2.30. The van der Waals surface area contributed by atoms with Crippen molar-refractivity contribution in [1.29, 1.82) is 0 Å². The maximum atomic E-state index is 13.8. The van der Waals surface area contributed by atoms with Crippen LogP contribution in [0.2, 0.25) is 0 Å². The van der Waals surface area contributed by atoms with Crippen LogP contribution in [0.4, 0.5) is 0 Å². The van der Waals surface area contributed by atoms with Crippen LogP contribution in [-0.2, 0) is 22.7 Å². The Bertz CT molecular complexity index is 1290. The fourth-order valence-corrected chi connectivity index (χ4v) is 5.20. The lowest BCUT2D eigenvalue weighted by Crippen LogP contribution is -2.55. The summed E-state index contributed by atoms with van der Waals surface area (Å²) in [5.41, 5.74) is 4.00.